The lowest BCUT2D eigenvalue weighted by atomic mass is 10.1. The molecule has 1 rings (SSSR count). The minimum atomic E-state index is -0.571. The van der Waals surface area contributed by atoms with E-state index in [9.17, 15) is 4.79 Å². The van der Waals surface area contributed by atoms with Crippen LogP contribution in [0.5, 0.6) is 0 Å². The second-order valence-electron chi connectivity index (χ2n) is 4.48. The molecule has 1 aromatic rings. The molecule has 0 saturated heterocycles. The molecule has 0 saturated carbocycles. The normalized spacial score (nSPS) is 10.4. The topological polar surface area (TPSA) is 76.8 Å². The molecule has 6 nitrogen and oxygen atoms in total. The summed E-state index contributed by atoms with van der Waals surface area (Å²) in [5.41, 5.74) is 3.16. The maximum atomic E-state index is 11.4. The molecule has 3 N–H and O–H groups in total. The average molecular weight is 311 g/mol. The van der Waals surface area contributed by atoms with Crippen molar-refractivity contribution in [3.05, 3.63) is 35.4 Å². The SMILES string of the molecule is CCN(CC)CC.COC(OC)c1ccccc1C(=O)NN. The van der Waals surface area contributed by atoms with Crippen molar-refractivity contribution in [2.75, 3.05) is 33.9 Å². The molecule has 0 aromatic heterocycles. The Kier molecular flexibility index (Phi) is 11.3. The third kappa shape index (κ3) is 6.53. The van der Waals surface area contributed by atoms with Crippen LogP contribution in [0.1, 0.15) is 43.0 Å². The summed E-state index contributed by atoms with van der Waals surface area (Å²) >= 11 is 0. The highest BCUT2D eigenvalue weighted by Crippen LogP contribution is 2.21. The van der Waals surface area contributed by atoms with E-state index >= 15 is 0 Å². The van der Waals surface area contributed by atoms with Crippen LogP contribution in [0.2, 0.25) is 0 Å². The quantitative estimate of drug-likeness (QED) is 0.348. The molecule has 0 atom stereocenters. The third-order valence-electron chi connectivity index (χ3n) is 3.36. The van der Waals surface area contributed by atoms with Crippen LogP contribution in [0.15, 0.2) is 24.3 Å². The number of nitrogens with zero attached hydrogens (tertiary/aromatic N) is 1. The minimum Gasteiger partial charge on any atom is -0.352 e. The summed E-state index contributed by atoms with van der Waals surface area (Å²) < 4.78 is 10.2. The molecule has 0 aliphatic heterocycles. The molecule has 22 heavy (non-hydrogen) atoms. The van der Waals surface area contributed by atoms with Crippen molar-refractivity contribution in [2.24, 2.45) is 5.84 Å². The number of hydrogen-bond donors (Lipinski definition) is 2. The second kappa shape index (κ2) is 12.1. The largest absolute Gasteiger partial charge is 0.352 e. The molecule has 0 radical (unpaired) electrons. The number of nitrogens with two attached hydrogens (primary N) is 1. The summed E-state index contributed by atoms with van der Waals surface area (Å²) in [7, 11) is 3.01. The van der Waals surface area contributed by atoms with Crippen LogP contribution in [-0.4, -0.2) is 44.7 Å². The molecule has 6 heteroatoms. The molecule has 1 aromatic carbocycles. The van der Waals surface area contributed by atoms with Crippen LogP contribution in [0.3, 0.4) is 0 Å². The Morgan fingerprint density at radius 3 is 2.00 bits per heavy atom. The number of hydrazine groups is 1. The number of amides is 1. The van der Waals surface area contributed by atoms with Crippen LogP contribution >= 0.6 is 0 Å². The van der Waals surface area contributed by atoms with Gasteiger partial charge in [-0.05, 0) is 25.7 Å². The number of methoxy groups -OCH3 is 2. The first kappa shape index (κ1) is 20.5. The van der Waals surface area contributed by atoms with Gasteiger partial charge in [0.05, 0.1) is 0 Å². The van der Waals surface area contributed by atoms with Gasteiger partial charge in [0.2, 0.25) is 0 Å². The maximum absolute atomic E-state index is 11.4. The maximum Gasteiger partial charge on any atom is 0.265 e. The number of nitrogen functional groups attached to an aromatic ring is 1. The Hall–Kier alpha value is -1.47. The smallest absolute Gasteiger partial charge is 0.265 e. The Morgan fingerprint density at radius 2 is 1.64 bits per heavy atom. The fraction of sp³-hybridized carbons (Fsp3) is 0.562. The predicted molar refractivity (Wildman–Crippen MR) is 88.3 cm³/mol. The van der Waals surface area contributed by atoms with Gasteiger partial charge in [0, 0.05) is 25.3 Å². The Balaban J connectivity index is 0.000000534. The van der Waals surface area contributed by atoms with Crippen LogP contribution in [-0.2, 0) is 9.47 Å². The molecule has 0 aliphatic rings. The first-order valence-electron chi connectivity index (χ1n) is 7.47. The van der Waals surface area contributed by atoms with Gasteiger partial charge in [-0.2, -0.15) is 0 Å². The summed E-state index contributed by atoms with van der Waals surface area (Å²) in [6.07, 6.45) is -0.571. The minimum absolute atomic E-state index is 0.371. The summed E-state index contributed by atoms with van der Waals surface area (Å²) in [6.45, 7) is 10.1. The molecule has 0 unspecified atom stereocenters. The van der Waals surface area contributed by atoms with E-state index in [1.165, 1.54) is 33.9 Å². The number of hydrogen-bond acceptors (Lipinski definition) is 5. The van der Waals surface area contributed by atoms with Gasteiger partial charge in [-0.25, -0.2) is 5.84 Å². The van der Waals surface area contributed by atoms with E-state index in [1.807, 2.05) is 0 Å². The van der Waals surface area contributed by atoms with Crippen molar-refractivity contribution >= 4 is 5.91 Å². The van der Waals surface area contributed by atoms with E-state index in [-0.39, 0.29) is 5.91 Å². The van der Waals surface area contributed by atoms with Crippen molar-refractivity contribution in [3.8, 4) is 0 Å². The van der Waals surface area contributed by atoms with Gasteiger partial charge in [0.1, 0.15) is 0 Å². The van der Waals surface area contributed by atoms with E-state index in [1.54, 1.807) is 24.3 Å². The predicted octanol–water partition coefficient (Wildman–Crippen LogP) is 1.93. The van der Waals surface area contributed by atoms with E-state index in [4.69, 9.17) is 15.3 Å². The first-order valence-corrected chi connectivity index (χ1v) is 7.47. The highest BCUT2D eigenvalue weighted by molar-refractivity contribution is 5.95. The van der Waals surface area contributed by atoms with E-state index in [2.05, 4.69) is 31.1 Å². The summed E-state index contributed by atoms with van der Waals surface area (Å²) in [5, 5.41) is 0. The Bertz CT molecular complexity index is 413. The number of ether oxygens (including phenoxy) is 2. The molecule has 126 valence electrons. The van der Waals surface area contributed by atoms with Crippen molar-refractivity contribution in [1.82, 2.24) is 10.3 Å². The summed E-state index contributed by atoms with van der Waals surface area (Å²) in [6, 6.07) is 6.95. The van der Waals surface area contributed by atoms with E-state index in [0.717, 1.165) is 0 Å². The lowest BCUT2D eigenvalue weighted by Gasteiger charge is -2.16. The number of nitrogens with one attached hydrogen (secondary N) is 1. The third-order valence-corrected chi connectivity index (χ3v) is 3.36. The molecule has 1 amide bonds. The molecular formula is C16H29N3O3. The number of benzene rings is 1. The molecule has 0 spiro atoms. The van der Waals surface area contributed by atoms with Crippen molar-refractivity contribution in [2.45, 2.75) is 27.1 Å². The standard InChI is InChI=1S/C10H14N2O3.C6H15N/c1-14-10(15-2)8-6-4-3-5-7(8)9(13)12-11;1-4-7(5-2)6-3/h3-6,10H,11H2,1-2H3,(H,12,13);4-6H2,1-3H3. The van der Waals surface area contributed by atoms with Crippen LogP contribution in [0.25, 0.3) is 0 Å². The van der Waals surface area contributed by atoms with Crippen LogP contribution in [0.4, 0.5) is 0 Å². The highest BCUT2D eigenvalue weighted by Gasteiger charge is 2.17. The molecular weight excluding hydrogens is 282 g/mol. The Morgan fingerprint density at radius 1 is 1.14 bits per heavy atom. The molecule has 0 aliphatic carbocycles. The average Bonchev–Trinajstić information content (AvgIpc) is 2.58. The molecule has 0 fully saturated rings. The fourth-order valence-electron chi connectivity index (χ4n) is 2.01. The van der Waals surface area contributed by atoms with Gasteiger partial charge in [-0.1, -0.05) is 39.0 Å². The van der Waals surface area contributed by atoms with Crippen molar-refractivity contribution in [3.63, 3.8) is 0 Å². The lowest BCUT2D eigenvalue weighted by molar-refractivity contribution is -0.106. The first-order chi connectivity index (χ1) is 10.6. The van der Waals surface area contributed by atoms with Gasteiger partial charge in [-0.3, -0.25) is 10.2 Å². The number of carbonyl (C=O) groups is 1. The van der Waals surface area contributed by atoms with Crippen LogP contribution < -0.4 is 11.3 Å². The fourth-order valence-corrected chi connectivity index (χ4v) is 2.01. The number of rotatable bonds is 7. The van der Waals surface area contributed by atoms with Gasteiger partial charge >= 0.3 is 0 Å². The zero-order valence-electron chi connectivity index (χ0n) is 14.3. The van der Waals surface area contributed by atoms with Crippen LogP contribution in [0, 0.1) is 0 Å². The lowest BCUT2D eigenvalue weighted by Crippen LogP contribution is -2.31. The number of carbonyl (C=O) groups excluding carboxylic acids is 1. The van der Waals surface area contributed by atoms with Crippen molar-refractivity contribution < 1.29 is 14.3 Å². The molecule has 0 bridgehead atoms. The monoisotopic (exact) mass is 311 g/mol. The van der Waals surface area contributed by atoms with Crippen molar-refractivity contribution in [1.29, 1.82) is 0 Å². The highest BCUT2D eigenvalue weighted by atomic mass is 16.7. The van der Waals surface area contributed by atoms with E-state index in [0.29, 0.717) is 11.1 Å². The zero-order valence-corrected chi connectivity index (χ0v) is 14.3. The summed E-state index contributed by atoms with van der Waals surface area (Å²) in [5.74, 6) is 4.70. The Labute approximate surface area is 133 Å². The van der Waals surface area contributed by atoms with Gasteiger partial charge in [0.15, 0.2) is 6.29 Å². The van der Waals surface area contributed by atoms with E-state index < -0.39 is 6.29 Å². The second-order valence-corrected chi connectivity index (χ2v) is 4.48. The zero-order chi connectivity index (χ0) is 17.0. The van der Waals surface area contributed by atoms with Gasteiger partial charge in [-0.15, -0.1) is 0 Å². The molecule has 0 heterocycles. The summed E-state index contributed by atoms with van der Waals surface area (Å²) in [4.78, 5) is 13.8. The van der Waals surface area contributed by atoms with Gasteiger partial charge < -0.3 is 14.4 Å². The van der Waals surface area contributed by atoms with Gasteiger partial charge in [0.25, 0.3) is 5.91 Å².